The summed E-state index contributed by atoms with van der Waals surface area (Å²) in [5.74, 6) is -0.315. The Labute approximate surface area is 159 Å². The van der Waals surface area contributed by atoms with Gasteiger partial charge in [0.1, 0.15) is 5.69 Å². The smallest absolute Gasteiger partial charge is 0.271 e. The van der Waals surface area contributed by atoms with Crippen molar-refractivity contribution in [1.29, 1.82) is 0 Å². The summed E-state index contributed by atoms with van der Waals surface area (Å²) in [5.41, 5.74) is 3.02. The average Bonchev–Trinajstić information content (AvgIpc) is 3.14. The topological polar surface area (TPSA) is 102 Å². The Kier molecular flexibility index (Phi) is 5.93. The third-order valence-electron chi connectivity index (χ3n) is 4.36. The number of methoxy groups -OCH3 is 1. The second-order valence-electron chi connectivity index (χ2n) is 6.72. The first kappa shape index (κ1) is 19.5. The van der Waals surface area contributed by atoms with Gasteiger partial charge in [-0.05, 0) is 18.6 Å². The molecule has 0 saturated carbocycles. The lowest BCUT2D eigenvalue weighted by atomic mass is 10.2. The molecule has 2 aromatic rings. The highest BCUT2D eigenvalue weighted by Crippen LogP contribution is 2.17. The summed E-state index contributed by atoms with van der Waals surface area (Å²) in [6, 6.07) is 8.89. The number of sulfonamides is 1. The van der Waals surface area contributed by atoms with Crippen LogP contribution >= 0.6 is 0 Å². The maximum atomic E-state index is 12.4. The number of carbonyl (C=O) groups excluding carboxylic acids is 1. The fraction of sp³-hybridized carbons (Fsp3) is 0.444. The highest BCUT2D eigenvalue weighted by Gasteiger charge is 2.28. The molecule has 1 aliphatic heterocycles. The number of aryl methyl sites for hydroxylation is 1. The molecule has 0 saturated heterocycles. The number of carbonyl (C=O) groups is 1. The molecule has 1 aromatic heterocycles. The molecule has 0 spiro atoms. The molecule has 2 heterocycles. The summed E-state index contributed by atoms with van der Waals surface area (Å²) >= 11 is 0. The fourth-order valence-electron chi connectivity index (χ4n) is 3.05. The first-order chi connectivity index (χ1) is 12.9. The van der Waals surface area contributed by atoms with Crippen LogP contribution in [0.2, 0.25) is 0 Å². The molecular weight excluding hydrogens is 368 g/mol. The van der Waals surface area contributed by atoms with E-state index in [2.05, 4.69) is 15.1 Å². The van der Waals surface area contributed by atoms with Crippen molar-refractivity contribution >= 4 is 15.9 Å². The minimum atomic E-state index is -3.45. The summed E-state index contributed by atoms with van der Waals surface area (Å²) in [5, 5.41) is 6.99. The van der Waals surface area contributed by atoms with E-state index in [0.29, 0.717) is 31.8 Å². The van der Waals surface area contributed by atoms with Gasteiger partial charge in [-0.3, -0.25) is 9.48 Å². The molecule has 27 heavy (non-hydrogen) atoms. The summed E-state index contributed by atoms with van der Waals surface area (Å²) in [7, 11) is -1.89. The van der Waals surface area contributed by atoms with Crippen LogP contribution in [0.4, 0.5) is 0 Å². The van der Waals surface area contributed by atoms with E-state index in [1.807, 2.05) is 31.2 Å². The molecule has 0 fully saturated rings. The Bertz CT molecular complexity index is 882. The zero-order valence-corrected chi connectivity index (χ0v) is 16.3. The Morgan fingerprint density at radius 2 is 2.07 bits per heavy atom. The summed E-state index contributed by atoms with van der Waals surface area (Å²) < 4.78 is 34.2. The van der Waals surface area contributed by atoms with Gasteiger partial charge in [0.15, 0.2) is 0 Å². The number of amides is 1. The minimum Gasteiger partial charge on any atom is -0.383 e. The SMILES string of the molecule is COCCNC(=O)c1cc2n(n1)C[C@@H](NS(=O)(=O)Cc1ccc(C)cc1)C2. The van der Waals surface area contributed by atoms with Gasteiger partial charge in [-0.25, -0.2) is 13.1 Å². The fourth-order valence-corrected chi connectivity index (χ4v) is 4.43. The molecule has 146 valence electrons. The predicted molar refractivity (Wildman–Crippen MR) is 101 cm³/mol. The van der Waals surface area contributed by atoms with Gasteiger partial charge in [-0.2, -0.15) is 5.10 Å². The Morgan fingerprint density at radius 1 is 1.33 bits per heavy atom. The van der Waals surface area contributed by atoms with Gasteiger partial charge in [0, 0.05) is 31.8 Å². The lowest BCUT2D eigenvalue weighted by Crippen LogP contribution is -2.37. The number of nitrogens with one attached hydrogen (secondary N) is 2. The van der Waals surface area contributed by atoms with E-state index in [1.165, 1.54) is 0 Å². The van der Waals surface area contributed by atoms with Crippen molar-refractivity contribution in [2.24, 2.45) is 0 Å². The Balaban J connectivity index is 1.56. The summed E-state index contributed by atoms with van der Waals surface area (Å²) in [6.07, 6.45) is 0.505. The van der Waals surface area contributed by atoms with Crippen molar-refractivity contribution in [2.75, 3.05) is 20.3 Å². The maximum absolute atomic E-state index is 12.4. The van der Waals surface area contributed by atoms with Crippen LogP contribution in [-0.4, -0.2) is 50.4 Å². The van der Waals surface area contributed by atoms with Crippen molar-refractivity contribution in [1.82, 2.24) is 19.8 Å². The van der Waals surface area contributed by atoms with E-state index in [4.69, 9.17) is 4.74 Å². The highest BCUT2D eigenvalue weighted by molar-refractivity contribution is 7.88. The largest absolute Gasteiger partial charge is 0.383 e. The van der Waals surface area contributed by atoms with Gasteiger partial charge >= 0.3 is 0 Å². The molecule has 1 amide bonds. The van der Waals surface area contributed by atoms with Gasteiger partial charge in [-0.15, -0.1) is 0 Å². The molecule has 8 nitrogen and oxygen atoms in total. The molecule has 1 aliphatic rings. The maximum Gasteiger partial charge on any atom is 0.271 e. The molecule has 9 heteroatoms. The second kappa shape index (κ2) is 8.20. The predicted octanol–water partition coefficient (Wildman–Crippen LogP) is 0.612. The molecule has 1 aromatic carbocycles. The number of rotatable bonds is 8. The molecule has 0 bridgehead atoms. The molecule has 0 aliphatic carbocycles. The normalized spacial score (nSPS) is 16.3. The van der Waals surface area contributed by atoms with Gasteiger partial charge in [0.25, 0.3) is 5.91 Å². The first-order valence-corrected chi connectivity index (χ1v) is 10.4. The van der Waals surface area contributed by atoms with Gasteiger partial charge in [0.2, 0.25) is 10.0 Å². The van der Waals surface area contributed by atoms with E-state index >= 15 is 0 Å². The van der Waals surface area contributed by atoms with Crippen LogP contribution in [0.15, 0.2) is 30.3 Å². The van der Waals surface area contributed by atoms with Crippen molar-refractivity contribution in [3.63, 3.8) is 0 Å². The number of hydrogen-bond acceptors (Lipinski definition) is 5. The lowest BCUT2D eigenvalue weighted by Gasteiger charge is -2.12. The van der Waals surface area contributed by atoms with Crippen LogP contribution in [0.5, 0.6) is 0 Å². The van der Waals surface area contributed by atoms with Crippen LogP contribution in [0.3, 0.4) is 0 Å². The first-order valence-electron chi connectivity index (χ1n) is 8.76. The number of hydrogen-bond donors (Lipinski definition) is 2. The summed E-state index contributed by atoms with van der Waals surface area (Å²) in [4.78, 5) is 12.0. The lowest BCUT2D eigenvalue weighted by molar-refractivity contribution is 0.0931. The van der Waals surface area contributed by atoms with Gasteiger partial charge < -0.3 is 10.1 Å². The molecule has 2 N–H and O–H groups in total. The molecule has 1 atom stereocenters. The number of aromatic nitrogens is 2. The number of ether oxygens (including phenoxy) is 1. The molecule has 3 rings (SSSR count). The Hall–Kier alpha value is -2.23. The number of nitrogens with zero attached hydrogens (tertiary/aromatic N) is 2. The zero-order valence-electron chi connectivity index (χ0n) is 15.4. The van der Waals surface area contributed by atoms with Crippen molar-refractivity contribution < 1.29 is 17.9 Å². The Morgan fingerprint density at radius 3 is 2.74 bits per heavy atom. The quantitative estimate of drug-likeness (QED) is 0.641. The average molecular weight is 392 g/mol. The third kappa shape index (κ3) is 5.15. The number of benzene rings is 1. The van der Waals surface area contributed by atoms with Gasteiger partial charge in [-0.1, -0.05) is 29.8 Å². The van der Waals surface area contributed by atoms with E-state index in [9.17, 15) is 13.2 Å². The third-order valence-corrected chi connectivity index (χ3v) is 5.77. The monoisotopic (exact) mass is 392 g/mol. The number of fused-ring (bicyclic) bond motifs is 1. The van der Waals surface area contributed by atoms with Crippen molar-refractivity contribution in [3.8, 4) is 0 Å². The highest BCUT2D eigenvalue weighted by atomic mass is 32.2. The minimum absolute atomic E-state index is 0.0563. The van der Waals surface area contributed by atoms with Crippen LogP contribution < -0.4 is 10.0 Å². The van der Waals surface area contributed by atoms with E-state index in [0.717, 1.165) is 16.8 Å². The van der Waals surface area contributed by atoms with Crippen molar-refractivity contribution in [3.05, 3.63) is 52.8 Å². The van der Waals surface area contributed by atoms with Crippen molar-refractivity contribution in [2.45, 2.75) is 31.7 Å². The van der Waals surface area contributed by atoms with E-state index in [-0.39, 0.29) is 17.7 Å². The van der Waals surface area contributed by atoms with Crippen LogP contribution in [0.1, 0.15) is 27.3 Å². The summed E-state index contributed by atoms with van der Waals surface area (Å²) in [6.45, 7) is 3.22. The van der Waals surface area contributed by atoms with Crippen LogP contribution in [-0.2, 0) is 33.5 Å². The van der Waals surface area contributed by atoms with E-state index < -0.39 is 10.0 Å². The molecule has 0 unspecified atom stereocenters. The van der Waals surface area contributed by atoms with Gasteiger partial charge in [0.05, 0.1) is 18.9 Å². The molecular formula is C18H24N4O4S. The second-order valence-corrected chi connectivity index (χ2v) is 8.47. The van der Waals surface area contributed by atoms with E-state index in [1.54, 1.807) is 17.9 Å². The standard InChI is InChI=1S/C18H24N4O4S/c1-13-3-5-14(6-4-13)12-27(24,25)21-15-9-16-10-17(20-22(16)11-15)18(23)19-7-8-26-2/h3-6,10,15,21H,7-9,11-12H2,1-2H3,(H,19,23)/t15-/m0/s1. The van der Waals surface area contributed by atoms with Crippen LogP contribution in [0.25, 0.3) is 0 Å². The zero-order chi connectivity index (χ0) is 19.4. The van der Waals surface area contributed by atoms with Crippen LogP contribution in [0, 0.1) is 6.92 Å². The molecule has 0 radical (unpaired) electrons.